The molecule has 42 heavy (non-hydrogen) atoms. The molecular formula is C39H41IrN2-. The molecule has 0 saturated heterocycles. The van der Waals surface area contributed by atoms with Crippen molar-refractivity contribution in [1.82, 2.24) is 9.97 Å². The van der Waals surface area contributed by atoms with Gasteiger partial charge in [-0.25, -0.2) is 0 Å². The van der Waals surface area contributed by atoms with E-state index in [-0.39, 0.29) is 30.9 Å². The van der Waals surface area contributed by atoms with E-state index in [1.807, 2.05) is 18.5 Å². The van der Waals surface area contributed by atoms with Crippen molar-refractivity contribution in [1.29, 1.82) is 0 Å². The molecule has 0 amide bonds. The quantitative estimate of drug-likeness (QED) is 0.192. The van der Waals surface area contributed by atoms with Gasteiger partial charge in [0.2, 0.25) is 0 Å². The molecule has 217 valence electrons. The summed E-state index contributed by atoms with van der Waals surface area (Å²) < 4.78 is 0. The first-order chi connectivity index (χ1) is 19.5. The Morgan fingerprint density at radius 2 is 1.40 bits per heavy atom. The molecule has 2 heterocycles. The van der Waals surface area contributed by atoms with E-state index in [9.17, 15) is 0 Å². The first-order valence-corrected chi connectivity index (χ1v) is 14.6. The summed E-state index contributed by atoms with van der Waals surface area (Å²) in [4.78, 5) is 9.09. The third kappa shape index (κ3) is 7.32. The molecule has 2 nitrogen and oxygen atoms in total. The Morgan fingerprint density at radius 3 is 2.05 bits per heavy atom. The summed E-state index contributed by atoms with van der Waals surface area (Å²) in [5.74, 6) is 0.913. The third-order valence-electron chi connectivity index (χ3n) is 7.92. The number of rotatable bonds is 2. The molecule has 0 fully saturated rings. The van der Waals surface area contributed by atoms with Crippen molar-refractivity contribution in [3.63, 3.8) is 0 Å². The van der Waals surface area contributed by atoms with E-state index in [0.29, 0.717) is 11.8 Å². The molecule has 2 aliphatic carbocycles. The fourth-order valence-corrected chi connectivity index (χ4v) is 5.27. The molecule has 3 heteroatoms. The molecule has 2 aliphatic rings. The van der Waals surface area contributed by atoms with Gasteiger partial charge in [-0.3, -0.25) is 4.98 Å². The van der Waals surface area contributed by atoms with Crippen LogP contribution in [-0.2, 0) is 30.9 Å². The Kier molecular flexibility index (Phi) is 9.66. The fourth-order valence-electron chi connectivity index (χ4n) is 5.27. The molecule has 6 rings (SSSR count). The van der Waals surface area contributed by atoms with E-state index in [0.717, 1.165) is 17.0 Å². The summed E-state index contributed by atoms with van der Waals surface area (Å²) >= 11 is 0. The van der Waals surface area contributed by atoms with Gasteiger partial charge in [0, 0.05) is 44.0 Å². The summed E-state index contributed by atoms with van der Waals surface area (Å²) in [5.41, 5.74) is 11.1. The Bertz CT molecular complexity index is 1540. The Balaban J connectivity index is 0.000000189. The van der Waals surface area contributed by atoms with Gasteiger partial charge in [-0.2, -0.15) is 0 Å². The maximum atomic E-state index is 4.61. The maximum Gasteiger partial charge on any atom is 0.0702 e. The minimum Gasteiger partial charge on any atom is -0.305 e. The average Bonchev–Trinajstić information content (AvgIpc) is 2.96. The van der Waals surface area contributed by atoms with Crippen LogP contribution in [0.4, 0.5) is 0 Å². The van der Waals surface area contributed by atoms with Crippen LogP contribution in [0.1, 0.15) is 75.3 Å². The number of allylic oxidation sites excluding steroid dienone is 5. The Morgan fingerprint density at radius 1 is 0.714 bits per heavy atom. The summed E-state index contributed by atoms with van der Waals surface area (Å²) in [6, 6.07) is 24.9. The number of benzene rings is 2. The van der Waals surface area contributed by atoms with Gasteiger partial charge in [-0.05, 0) is 52.6 Å². The van der Waals surface area contributed by atoms with Crippen LogP contribution in [-0.4, -0.2) is 9.97 Å². The van der Waals surface area contributed by atoms with Gasteiger partial charge in [0.25, 0.3) is 0 Å². The second kappa shape index (κ2) is 12.9. The van der Waals surface area contributed by atoms with Crippen molar-refractivity contribution in [3.8, 4) is 22.5 Å². The molecule has 2 atom stereocenters. The van der Waals surface area contributed by atoms with Gasteiger partial charge < -0.3 is 4.98 Å². The van der Waals surface area contributed by atoms with Gasteiger partial charge in [0.15, 0.2) is 0 Å². The van der Waals surface area contributed by atoms with E-state index in [1.54, 1.807) is 0 Å². The summed E-state index contributed by atoms with van der Waals surface area (Å²) in [6.07, 6.45) is 17.2. The first kappa shape index (κ1) is 31.5. The van der Waals surface area contributed by atoms with Crippen LogP contribution in [0.5, 0.6) is 0 Å². The Labute approximate surface area is 266 Å². The number of hydrogen-bond acceptors (Lipinski definition) is 2. The molecule has 2 aromatic heterocycles. The van der Waals surface area contributed by atoms with Gasteiger partial charge >= 0.3 is 0 Å². The topological polar surface area (TPSA) is 25.8 Å². The molecule has 0 aliphatic heterocycles. The molecule has 0 bridgehead atoms. The van der Waals surface area contributed by atoms with Crippen molar-refractivity contribution >= 4 is 6.08 Å². The van der Waals surface area contributed by atoms with E-state index >= 15 is 0 Å². The normalized spacial score (nSPS) is 16.9. The number of aryl methyl sites for hydroxylation is 1. The van der Waals surface area contributed by atoms with E-state index < -0.39 is 0 Å². The van der Waals surface area contributed by atoms with Crippen molar-refractivity contribution in [3.05, 3.63) is 137 Å². The largest absolute Gasteiger partial charge is 0.305 e. The predicted molar refractivity (Wildman–Crippen MR) is 174 cm³/mol. The first-order valence-electron chi connectivity index (χ1n) is 14.6. The van der Waals surface area contributed by atoms with E-state index in [1.165, 1.54) is 33.4 Å². The van der Waals surface area contributed by atoms with Gasteiger partial charge in [0.1, 0.15) is 0 Å². The predicted octanol–water partition coefficient (Wildman–Crippen LogP) is 10.1. The second-order valence-electron chi connectivity index (χ2n) is 13.2. The van der Waals surface area contributed by atoms with Crippen LogP contribution in [0, 0.1) is 18.9 Å². The number of aromatic nitrogens is 2. The summed E-state index contributed by atoms with van der Waals surface area (Å²) in [5, 5.41) is 0. The SMILES string of the molecule is CC(C)(C)c1ccc(-c2ccc(C(C)(C)C)cn2)cc1.Cc1ccnc(-c2[c-]cc3c(c2)C2C=CC=CC2C=C3)c1.[Ir]. The fraction of sp³-hybridized carbons (Fsp3) is 0.282. The van der Waals surface area contributed by atoms with Crippen LogP contribution in [0.2, 0.25) is 0 Å². The number of nitrogens with zero attached hydrogens (tertiary/aromatic N) is 2. The number of hydrogen-bond donors (Lipinski definition) is 0. The second-order valence-corrected chi connectivity index (χ2v) is 13.2. The van der Waals surface area contributed by atoms with Crippen LogP contribution in [0.25, 0.3) is 28.6 Å². The zero-order valence-electron chi connectivity index (χ0n) is 25.8. The van der Waals surface area contributed by atoms with E-state index in [4.69, 9.17) is 0 Å². The molecule has 0 N–H and O–H groups in total. The Hall–Kier alpha value is -3.39. The summed E-state index contributed by atoms with van der Waals surface area (Å²) in [6.45, 7) is 15.4. The summed E-state index contributed by atoms with van der Waals surface area (Å²) in [7, 11) is 0. The zero-order valence-corrected chi connectivity index (χ0v) is 28.2. The van der Waals surface area contributed by atoms with Crippen molar-refractivity contribution in [2.24, 2.45) is 5.92 Å². The monoisotopic (exact) mass is 730 g/mol. The minimum atomic E-state index is 0. The molecule has 4 aromatic rings. The molecule has 0 spiro atoms. The van der Waals surface area contributed by atoms with Crippen LogP contribution >= 0.6 is 0 Å². The van der Waals surface area contributed by atoms with Crippen molar-refractivity contribution < 1.29 is 20.1 Å². The van der Waals surface area contributed by atoms with Crippen LogP contribution in [0.3, 0.4) is 0 Å². The van der Waals surface area contributed by atoms with Gasteiger partial charge in [-0.1, -0.05) is 114 Å². The van der Waals surface area contributed by atoms with Crippen molar-refractivity contribution in [2.75, 3.05) is 0 Å². The molecular weight excluding hydrogens is 689 g/mol. The van der Waals surface area contributed by atoms with Crippen LogP contribution in [0.15, 0.2) is 103 Å². The number of fused-ring (bicyclic) bond motifs is 3. The molecule has 2 aromatic carbocycles. The third-order valence-corrected chi connectivity index (χ3v) is 7.92. The molecule has 2 unspecified atom stereocenters. The average molecular weight is 730 g/mol. The molecule has 0 saturated carbocycles. The van der Waals surface area contributed by atoms with Gasteiger partial charge in [0.05, 0.1) is 5.69 Å². The van der Waals surface area contributed by atoms with Crippen molar-refractivity contribution in [2.45, 2.75) is 65.2 Å². The minimum absolute atomic E-state index is 0. The van der Waals surface area contributed by atoms with Gasteiger partial charge in [-0.15, -0.1) is 41.0 Å². The van der Waals surface area contributed by atoms with E-state index in [2.05, 4.69) is 156 Å². The maximum absolute atomic E-state index is 4.61. The molecule has 1 radical (unpaired) electrons. The number of pyridine rings is 2. The van der Waals surface area contributed by atoms with Crippen LogP contribution < -0.4 is 0 Å². The zero-order chi connectivity index (χ0) is 29.2. The standard InChI is InChI=1S/C20H16N.C19H25N.Ir/c1-14-10-11-21-20(12-14)17-9-8-16-7-6-15-4-2-3-5-18(15)19(16)13-17;1-18(2,3)15-9-7-14(8-10-15)17-12-11-16(13-20-17)19(4,5)6;/h2-8,10-13,15,18H,1H3;7-13H,1-6H3;/q-1;;. The smallest absolute Gasteiger partial charge is 0.0702 e.